The zero-order valence-corrected chi connectivity index (χ0v) is 21.2. The van der Waals surface area contributed by atoms with Crippen molar-refractivity contribution in [2.24, 2.45) is 0 Å². The summed E-state index contributed by atoms with van der Waals surface area (Å²) in [6.45, 7) is 8.59. The van der Waals surface area contributed by atoms with Crippen molar-refractivity contribution in [3.8, 4) is 5.75 Å². The van der Waals surface area contributed by atoms with E-state index in [2.05, 4.69) is 38.2 Å². The van der Waals surface area contributed by atoms with Crippen LogP contribution in [0.4, 0.5) is 5.69 Å². The quantitative estimate of drug-likeness (QED) is 0.543. The van der Waals surface area contributed by atoms with E-state index in [1.165, 1.54) is 17.0 Å². The van der Waals surface area contributed by atoms with Crippen LogP contribution < -0.4 is 14.4 Å². The van der Waals surface area contributed by atoms with Crippen molar-refractivity contribution in [2.75, 3.05) is 24.2 Å². The Morgan fingerprint density at radius 2 is 1.78 bits per heavy atom. The molecule has 1 amide bonds. The van der Waals surface area contributed by atoms with Crippen LogP contribution in [0, 0.1) is 0 Å². The first kappa shape index (κ1) is 26.0. The molecule has 6 nitrogen and oxygen atoms in total. The lowest BCUT2D eigenvalue weighted by Gasteiger charge is -2.23. The molecule has 0 aliphatic rings. The molecule has 0 aliphatic heterocycles. The van der Waals surface area contributed by atoms with Crippen molar-refractivity contribution in [3.63, 3.8) is 0 Å². The largest absolute Gasteiger partial charge is 0.495 e. The van der Waals surface area contributed by atoms with Gasteiger partial charge in [-0.05, 0) is 48.1 Å². The number of anilines is 1. The highest BCUT2D eigenvalue weighted by Gasteiger charge is 2.20. The lowest BCUT2D eigenvalue weighted by Crippen LogP contribution is -2.32. The van der Waals surface area contributed by atoms with Gasteiger partial charge in [0.25, 0.3) is 0 Å². The van der Waals surface area contributed by atoms with E-state index in [0.717, 1.165) is 11.8 Å². The normalized spacial score (nSPS) is 12.8. The Morgan fingerprint density at radius 1 is 1.16 bits per heavy atom. The molecule has 8 heteroatoms. The summed E-state index contributed by atoms with van der Waals surface area (Å²) in [4.78, 5) is 12.4. The third-order valence-electron chi connectivity index (χ3n) is 5.24. The maximum Gasteiger partial charge on any atom is 0.232 e. The molecular formula is C24H33ClN2O4S. The fraction of sp³-hybridized carbons (Fsp3) is 0.458. The third-order valence-corrected chi connectivity index (χ3v) is 6.73. The number of hydrogen-bond donors (Lipinski definition) is 1. The summed E-state index contributed by atoms with van der Waals surface area (Å²) >= 11 is 6.15. The summed E-state index contributed by atoms with van der Waals surface area (Å²) in [7, 11) is -2.04. The zero-order chi connectivity index (χ0) is 24.1. The van der Waals surface area contributed by atoms with Gasteiger partial charge in [-0.2, -0.15) is 0 Å². The zero-order valence-electron chi connectivity index (χ0n) is 19.6. The number of amides is 1. The Morgan fingerprint density at radius 3 is 2.28 bits per heavy atom. The predicted molar refractivity (Wildman–Crippen MR) is 131 cm³/mol. The van der Waals surface area contributed by atoms with Gasteiger partial charge in [-0.25, -0.2) is 8.42 Å². The number of ether oxygens (including phenoxy) is 1. The van der Waals surface area contributed by atoms with Crippen LogP contribution in [0.25, 0.3) is 0 Å². The highest BCUT2D eigenvalue weighted by atomic mass is 35.5. The van der Waals surface area contributed by atoms with Crippen molar-refractivity contribution in [3.05, 3.63) is 58.6 Å². The van der Waals surface area contributed by atoms with Gasteiger partial charge in [0.2, 0.25) is 15.9 Å². The number of carbonyl (C=O) groups excluding carboxylic acids is 1. The van der Waals surface area contributed by atoms with E-state index >= 15 is 0 Å². The van der Waals surface area contributed by atoms with Crippen molar-refractivity contribution < 1.29 is 17.9 Å². The molecule has 176 valence electrons. The van der Waals surface area contributed by atoms with Crippen LogP contribution in [0.2, 0.25) is 5.02 Å². The molecule has 2 aromatic rings. The minimum absolute atomic E-state index is 0.0740. The summed E-state index contributed by atoms with van der Waals surface area (Å²) in [5.41, 5.74) is 2.77. The van der Waals surface area contributed by atoms with Gasteiger partial charge < -0.3 is 10.1 Å². The monoisotopic (exact) mass is 480 g/mol. The molecule has 0 aliphatic carbocycles. The van der Waals surface area contributed by atoms with Gasteiger partial charge in [0.05, 0.1) is 30.1 Å². The molecule has 0 saturated heterocycles. The summed E-state index contributed by atoms with van der Waals surface area (Å²) in [5, 5.41) is 3.31. The number of halogens is 1. The molecule has 0 saturated carbocycles. The maximum atomic E-state index is 12.4. The lowest BCUT2D eigenvalue weighted by atomic mass is 9.86. The van der Waals surface area contributed by atoms with Gasteiger partial charge in [-0.1, -0.05) is 56.6 Å². The molecule has 32 heavy (non-hydrogen) atoms. The number of sulfonamides is 1. The van der Waals surface area contributed by atoms with Crippen LogP contribution in [0.15, 0.2) is 42.5 Å². The van der Waals surface area contributed by atoms with Crippen LogP contribution in [-0.4, -0.2) is 34.2 Å². The second-order valence-electron chi connectivity index (χ2n) is 8.92. The predicted octanol–water partition coefficient (Wildman–Crippen LogP) is 5.07. The van der Waals surface area contributed by atoms with Crippen molar-refractivity contribution in [2.45, 2.75) is 52.0 Å². The van der Waals surface area contributed by atoms with Gasteiger partial charge in [0, 0.05) is 13.0 Å². The number of benzene rings is 2. The molecule has 2 aromatic carbocycles. The summed E-state index contributed by atoms with van der Waals surface area (Å²) in [6, 6.07) is 12.9. The molecule has 1 atom stereocenters. The van der Waals surface area contributed by atoms with E-state index < -0.39 is 10.0 Å². The Bertz CT molecular complexity index is 1030. The van der Waals surface area contributed by atoms with Crippen LogP contribution in [0.3, 0.4) is 0 Å². The lowest BCUT2D eigenvalue weighted by molar-refractivity contribution is -0.121. The summed E-state index contributed by atoms with van der Waals surface area (Å²) in [6.07, 6.45) is 1.72. The van der Waals surface area contributed by atoms with Gasteiger partial charge in [0.15, 0.2) is 0 Å². The Hall–Kier alpha value is -2.25. The van der Waals surface area contributed by atoms with E-state index in [9.17, 15) is 13.2 Å². The maximum absolute atomic E-state index is 12.4. The Labute approximate surface area is 197 Å². The highest BCUT2D eigenvalue weighted by molar-refractivity contribution is 7.92. The summed E-state index contributed by atoms with van der Waals surface area (Å²) in [5.74, 6) is 0.339. The number of nitrogens with zero attached hydrogens (tertiary/aromatic N) is 1. The van der Waals surface area contributed by atoms with Crippen LogP contribution >= 0.6 is 11.6 Å². The molecule has 0 fully saturated rings. The fourth-order valence-corrected chi connectivity index (χ4v) is 4.56. The third kappa shape index (κ3) is 7.14. The molecule has 2 rings (SSSR count). The van der Waals surface area contributed by atoms with Crippen molar-refractivity contribution in [1.82, 2.24) is 5.32 Å². The number of hydrogen-bond acceptors (Lipinski definition) is 4. The molecule has 0 bridgehead atoms. The molecule has 0 heterocycles. The van der Waals surface area contributed by atoms with E-state index in [1.54, 1.807) is 18.2 Å². The topological polar surface area (TPSA) is 75.7 Å². The first-order valence-corrected chi connectivity index (χ1v) is 12.8. The van der Waals surface area contributed by atoms with Crippen molar-refractivity contribution >= 4 is 33.2 Å². The van der Waals surface area contributed by atoms with E-state index in [4.69, 9.17) is 16.3 Å². The minimum atomic E-state index is -3.53. The van der Waals surface area contributed by atoms with Crippen molar-refractivity contribution in [1.29, 1.82) is 0 Å². The van der Waals surface area contributed by atoms with E-state index in [1.807, 2.05) is 19.1 Å². The second kappa shape index (κ2) is 10.6. The average molecular weight is 481 g/mol. The molecule has 0 radical (unpaired) electrons. The van der Waals surface area contributed by atoms with E-state index in [-0.39, 0.29) is 30.3 Å². The van der Waals surface area contributed by atoms with Gasteiger partial charge >= 0.3 is 0 Å². The van der Waals surface area contributed by atoms with Gasteiger partial charge in [0.1, 0.15) is 5.75 Å². The first-order valence-electron chi connectivity index (χ1n) is 10.5. The Balaban J connectivity index is 1.96. The van der Waals surface area contributed by atoms with E-state index in [0.29, 0.717) is 22.9 Å². The molecule has 0 aromatic heterocycles. The van der Waals surface area contributed by atoms with Crippen LogP contribution in [-0.2, 0) is 20.2 Å². The second-order valence-corrected chi connectivity index (χ2v) is 11.2. The minimum Gasteiger partial charge on any atom is -0.495 e. The fourth-order valence-electron chi connectivity index (χ4n) is 3.35. The SMILES string of the molecule is COc1ccc(N(CCCC(=O)N[C@H](C)c2ccc(C(C)(C)C)cc2)S(C)(=O)=O)cc1Cl. The van der Waals surface area contributed by atoms with Gasteiger partial charge in [-0.15, -0.1) is 0 Å². The summed E-state index contributed by atoms with van der Waals surface area (Å²) < 4.78 is 30.9. The van der Waals surface area contributed by atoms with Gasteiger partial charge in [-0.3, -0.25) is 9.10 Å². The number of carbonyl (C=O) groups is 1. The Kier molecular flexibility index (Phi) is 8.60. The first-order chi connectivity index (χ1) is 14.8. The average Bonchev–Trinajstić information content (AvgIpc) is 2.69. The van der Waals surface area contributed by atoms with Crippen LogP contribution in [0.1, 0.15) is 57.7 Å². The number of methoxy groups -OCH3 is 1. The molecule has 1 N–H and O–H groups in total. The molecular weight excluding hydrogens is 448 g/mol. The number of nitrogens with one attached hydrogen (secondary N) is 1. The number of rotatable bonds is 9. The standard InChI is InChI=1S/C24H33ClN2O4S/c1-17(18-9-11-19(12-10-18)24(2,3)4)26-23(28)8-7-15-27(32(6,29)30)20-13-14-22(31-5)21(25)16-20/h9-14,16-17H,7-8,15H2,1-6H3,(H,26,28)/t17-/m1/s1. The van der Waals surface area contributed by atoms with Crippen LogP contribution in [0.5, 0.6) is 5.75 Å². The smallest absolute Gasteiger partial charge is 0.232 e. The highest BCUT2D eigenvalue weighted by Crippen LogP contribution is 2.30. The molecule has 0 unspecified atom stereocenters. The molecule has 0 spiro atoms.